The summed E-state index contributed by atoms with van der Waals surface area (Å²) >= 11 is 1.88. The smallest absolute Gasteiger partial charge is 0.0668 e. The number of nitrogens with zero attached hydrogens (tertiary/aromatic N) is 2. The Balaban J connectivity index is 1.11. The van der Waals surface area contributed by atoms with Gasteiger partial charge in [0.2, 0.25) is 0 Å². The molecule has 3 heteroatoms. The fourth-order valence-electron chi connectivity index (χ4n) is 7.59. The van der Waals surface area contributed by atoms with Crippen molar-refractivity contribution < 1.29 is 0 Å². The number of fused-ring (bicyclic) bond motifs is 6. The van der Waals surface area contributed by atoms with Crippen LogP contribution in [0.5, 0.6) is 0 Å². The van der Waals surface area contributed by atoms with Crippen molar-refractivity contribution in [2.45, 2.75) is 26.2 Å². The lowest BCUT2D eigenvalue weighted by molar-refractivity contribution is 1.04. The number of aliphatic imine (C=N–C) groups is 1. The first-order valence-corrected chi connectivity index (χ1v) is 18.9. The summed E-state index contributed by atoms with van der Waals surface area (Å²) in [6.45, 7) is 6.07. The van der Waals surface area contributed by atoms with Gasteiger partial charge in [-0.15, -0.1) is 17.9 Å². The van der Waals surface area contributed by atoms with E-state index in [0.29, 0.717) is 0 Å². The Labute approximate surface area is 308 Å². The average Bonchev–Trinajstić information content (AvgIpc) is 3.75. The highest BCUT2D eigenvalue weighted by atomic mass is 32.1. The first-order chi connectivity index (χ1) is 25.7. The highest BCUT2D eigenvalue weighted by Crippen LogP contribution is 2.42. The molecule has 0 saturated carbocycles. The molecule has 0 atom stereocenters. The summed E-state index contributed by atoms with van der Waals surface area (Å²) in [6, 6.07) is 48.7. The molecule has 0 aliphatic heterocycles. The highest BCUT2D eigenvalue weighted by Gasteiger charge is 2.16. The Bertz CT molecular complexity index is 2780. The predicted octanol–water partition coefficient (Wildman–Crippen LogP) is 14.0. The maximum Gasteiger partial charge on any atom is 0.0668 e. The van der Waals surface area contributed by atoms with Crippen LogP contribution in [0, 0.1) is 0 Å². The second-order valence-electron chi connectivity index (χ2n) is 13.4. The van der Waals surface area contributed by atoms with Gasteiger partial charge < -0.3 is 4.57 Å². The van der Waals surface area contributed by atoms with Crippen LogP contribution in [0.4, 0.5) is 0 Å². The van der Waals surface area contributed by atoms with Gasteiger partial charge in [-0.2, -0.15) is 0 Å². The van der Waals surface area contributed by atoms with Crippen LogP contribution in [0.1, 0.15) is 42.9 Å². The van der Waals surface area contributed by atoms with Gasteiger partial charge in [-0.25, -0.2) is 0 Å². The summed E-state index contributed by atoms with van der Waals surface area (Å²) in [5, 5.41) is 5.14. The van der Waals surface area contributed by atoms with Gasteiger partial charge in [-0.1, -0.05) is 127 Å². The van der Waals surface area contributed by atoms with Gasteiger partial charge in [0.25, 0.3) is 0 Å². The number of hydrogen-bond acceptors (Lipinski definition) is 2. The Morgan fingerprint density at radius 3 is 2.33 bits per heavy atom. The maximum atomic E-state index is 5.22. The molecular weight excluding hydrogens is 649 g/mol. The number of aromatic nitrogens is 1. The minimum Gasteiger partial charge on any atom is -0.309 e. The Hall–Kier alpha value is -6.03. The zero-order valence-electron chi connectivity index (χ0n) is 29.2. The fourth-order valence-corrected chi connectivity index (χ4v) is 8.83. The largest absolute Gasteiger partial charge is 0.309 e. The van der Waals surface area contributed by atoms with E-state index >= 15 is 0 Å². The summed E-state index contributed by atoms with van der Waals surface area (Å²) < 4.78 is 5.06. The molecule has 2 nitrogen and oxygen atoms in total. The molecule has 0 bridgehead atoms. The van der Waals surface area contributed by atoms with Gasteiger partial charge >= 0.3 is 0 Å². The van der Waals surface area contributed by atoms with Crippen molar-refractivity contribution in [1.29, 1.82) is 0 Å². The molecule has 250 valence electrons. The SMILES string of the molecule is C=CC/C=C(\N=C(/C)c1cccc(-n2c3ccccc3c3cc(-c4cccc5c4sc4ccccc45)ccc32)c1)c1ccc(C2=CCCC=C2)cc1. The molecule has 0 fully saturated rings. The summed E-state index contributed by atoms with van der Waals surface area (Å²) in [6.07, 6.45) is 13.9. The molecule has 0 unspecified atom stereocenters. The van der Waals surface area contributed by atoms with Crippen molar-refractivity contribution in [2.75, 3.05) is 0 Å². The standard InChI is InChI=1S/C49H38N2S/c1-3-4-22-45(36-27-25-35(26-28-36)34-14-6-5-7-15-34)50-33(2)37-16-12-17-39(31-37)51-46-23-10-8-18-41(46)44-32-38(29-30-47(44)51)40-20-13-21-43-42-19-9-11-24-48(42)52-49(40)43/h3,6,8-32H,1,4-5,7H2,2H3/b45-22-,50-33+. The third-order valence-electron chi connectivity index (χ3n) is 10.2. The molecular formula is C49H38N2S. The van der Waals surface area contributed by atoms with Gasteiger partial charge in [-0.3, -0.25) is 4.99 Å². The molecule has 0 saturated heterocycles. The second kappa shape index (κ2) is 13.6. The van der Waals surface area contributed by atoms with Crippen LogP contribution in [0.2, 0.25) is 0 Å². The molecule has 2 heterocycles. The lowest BCUT2D eigenvalue weighted by Crippen LogP contribution is -2.00. The number of benzene rings is 6. The highest BCUT2D eigenvalue weighted by molar-refractivity contribution is 7.26. The monoisotopic (exact) mass is 686 g/mol. The summed E-state index contributed by atoms with van der Waals surface area (Å²) in [5.74, 6) is 0. The first kappa shape index (κ1) is 31.9. The van der Waals surface area contributed by atoms with Crippen LogP contribution in [-0.2, 0) is 0 Å². The van der Waals surface area contributed by atoms with Crippen molar-refractivity contribution in [3.05, 3.63) is 187 Å². The van der Waals surface area contributed by atoms with Crippen molar-refractivity contribution in [3.63, 3.8) is 0 Å². The molecule has 0 radical (unpaired) electrons. The predicted molar refractivity (Wildman–Crippen MR) is 227 cm³/mol. The Morgan fingerprint density at radius 2 is 1.48 bits per heavy atom. The summed E-state index contributed by atoms with van der Waals surface area (Å²) in [7, 11) is 0. The van der Waals surface area contributed by atoms with Crippen molar-refractivity contribution in [2.24, 2.45) is 4.99 Å². The number of rotatable bonds is 8. The number of thiophene rings is 1. The van der Waals surface area contributed by atoms with E-state index in [2.05, 4.69) is 176 Å². The van der Waals surface area contributed by atoms with Crippen LogP contribution in [-0.4, -0.2) is 10.3 Å². The maximum absolute atomic E-state index is 5.22. The van der Waals surface area contributed by atoms with E-state index in [1.54, 1.807) is 0 Å². The van der Waals surface area contributed by atoms with E-state index in [1.165, 1.54) is 64.2 Å². The fraction of sp³-hybridized carbons (Fsp3) is 0.0816. The molecule has 1 aliphatic rings. The Kier molecular flexibility index (Phi) is 8.34. The molecule has 0 spiro atoms. The van der Waals surface area contributed by atoms with Gasteiger partial charge in [-0.05, 0) is 96.0 Å². The van der Waals surface area contributed by atoms with E-state index in [9.17, 15) is 0 Å². The normalized spacial score (nSPS) is 13.8. The van der Waals surface area contributed by atoms with Gasteiger partial charge in [0.15, 0.2) is 0 Å². The minimum atomic E-state index is 0.753. The molecule has 8 aromatic rings. The number of para-hydroxylation sites is 1. The topological polar surface area (TPSA) is 17.3 Å². The van der Waals surface area contributed by atoms with E-state index in [4.69, 9.17) is 4.99 Å². The van der Waals surface area contributed by atoms with Crippen molar-refractivity contribution >= 4 is 70.3 Å². The molecule has 6 aromatic carbocycles. The average molecular weight is 687 g/mol. The number of allylic oxidation sites excluding steroid dienone is 6. The molecule has 52 heavy (non-hydrogen) atoms. The van der Waals surface area contributed by atoms with Crippen molar-refractivity contribution in [3.8, 4) is 16.8 Å². The zero-order valence-corrected chi connectivity index (χ0v) is 30.0. The molecule has 1 aliphatic carbocycles. The van der Waals surface area contributed by atoms with Crippen molar-refractivity contribution in [1.82, 2.24) is 4.57 Å². The van der Waals surface area contributed by atoms with Crippen LogP contribution in [0.15, 0.2) is 175 Å². The lowest BCUT2D eigenvalue weighted by atomic mass is 9.98. The first-order valence-electron chi connectivity index (χ1n) is 18.0. The quantitative estimate of drug-likeness (QED) is 0.112. The van der Waals surface area contributed by atoms with Crippen LogP contribution < -0.4 is 0 Å². The summed E-state index contributed by atoms with van der Waals surface area (Å²) in [4.78, 5) is 5.22. The van der Waals surface area contributed by atoms with Crippen LogP contribution >= 0.6 is 11.3 Å². The van der Waals surface area contributed by atoms with E-state index < -0.39 is 0 Å². The molecule has 0 N–H and O–H groups in total. The van der Waals surface area contributed by atoms with E-state index in [1.807, 2.05) is 17.4 Å². The van der Waals surface area contributed by atoms with E-state index in [-0.39, 0.29) is 0 Å². The molecule has 2 aromatic heterocycles. The third-order valence-corrected chi connectivity index (χ3v) is 11.4. The minimum absolute atomic E-state index is 0.753. The molecule has 0 amide bonds. The van der Waals surface area contributed by atoms with Gasteiger partial charge in [0, 0.05) is 42.3 Å². The van der Waals surface area contributed by atoms with Gasteiger partial charge in [0.1, 0.15) is 0 Å². The zero-order chi connectivity index (χ0) is 35.0. The molecule has 9 rings (SSSR count). The van der Waals surface area contributed by atoms with Crippen LogP contribution in [0.3, 0.4) is 0 Å². The third kappa shape index (κ3) is 5.74. The van der Waals surface area contributed by atoms with E-state index in [0.717, 1.165) is 47.5 Å². The number of hydrogen-bond donors (Lipinski definition) is 0. The van der Waals surface area contributed by atoms with Gasteiger partial charge in [0.05, 0.1) is 16.7 Å². The van der Waals surface area contributed by atoms with Crippen LogP contribution in [0.25, 0.3) is 70.1 Å². The lowest BCUT2D eigenvalue weighted by Gasteiger charge is -2.12. The Morgan fingerprint density at radius 1 is 0.712 bits per heavy atom. The summed E-state index contributed by atoms with van der Waals surface area (Å²) in [5.41, 5.74) is 12.7. The second-order valence-corrected chi connectivity index (χ2v) is 14.5.